The van der Waals surface area contributed by atoms with Crippen molar-refractivity contribution in [3.63, 3.8) is 0 Å². The molecule has 1 heterocycles. The van der Waals surface area contributed by atoms with Crippen LogP contribution in [0.15, 0.2) is 0 Å². The molecule has 3 nitrogen and oxygen atoms in total. The molecule has 1 saturated heterocycles. The van der Waals surface area contributed by atoms with E-state index in [2.05, 4.69) is 13.8 Å². The van der Waals surface area contributed by atoms with Gasteiger partial charge in [0.1, 0.15) is 0 Å². The SMILES string of the molecule is CC(C)C1(CC(=O)O)CCOC(C)(C)C1. The Morgan fingerprint density at radius 3 is 2.47 bits per heavy atom. The monoisotopic (exact) mass is 214 g/mol. The van der Waals surface area contributed by atoms with Gasteiger partial charge < -0.3 is 9.84 Å². The number of rotatable bonds is 3. The van der Waals surface area contributed by atoms with Crippen molar-refractivity contribution in [2.75, 3.05) is 6.61 Å². The van der Waals surface area contributed by atoms with E-state index in [-0.39, 0.29) is 17.4 Å². The van der Waals surface area contributed by atoms with E-state index >= 15 is 0 Å². The molecule has 0 saturated carbocycles. The van der Waals surface area contributed by atoms with Gasteiger partial charge in [-0.15, -0.1) is 0 Å². The second-order valence-electron chi connectivity index (χ2n) is 5.62. The number of carboxylic acid groups (broad SMARTS) is 1. The summed E-state index contributed by atoms with van der Waals surface area (Å²) in [6, 6.07) is 0. The second-order valence-corrected chi connectivity index (χ2v) is 5.62. The van der Waals surface area contributed by atoms with Crippen LogP contribution < -0.4 is 0 Å². The molecule has 0 bridgehead atoms. The van der Waals surface area contributed by atoms with Gasteiger partial charge in [0.15, 0.2) is 0 Å². The molecule has 0 radical (unpaired) electrons. The van der Waals surface area contributed by atoms with Crippen molar-refractivity contribution in [2.24, 2.45) is 11.3 Å². The third kappa shape index (κ3) is 2.94. The minimum absolute atomic E-state index is 0.0897. The Kier molecular flexibility index (Phi) is 3.44. The molecule has 0 aromatic heterocycles. The van der Waals surface area contributed by atoms with Crippen LogP contribution in [0.25, 0.3) is 0 Å². The molecular formula is C12H22O3. The van der Waals surface area contributed by atoms with Crippen LogP contribution >= 0.6 is 0 Å². The Labute approximate surface area is 91.8 Å². The van der Waals surface area contributed by atoms with Gasteiger partial charge in [-0.25, -0.2) is 0 Å². The molecule has 0 aliphatic carbocycles. The van der Waals surface area contributed by atoms with Crippen LogP contribution in [0.2, 0.25) is 0 Å². The fourth-order valence-corrected chi connectivity index (χ4v) is 2.67. The second kappa shape index (κ2) is 4.12. The highest BCUT2D eigenvalue weighted by Gasteiger charge is 2.44. The fraction of sp³-hybridized carbons (Fsp3) is 0.917. The summed E-state index contributed by atoms with van der Waals surface area (Å²) in [6.07, 6.45) is 1.96. The summed E-state index contributed by atoms with van der Waals surface area (Å²) in [4.78, 5) is 10.9. The first-order chi connectivity index (χ1) is 6.77. The van der Waals surface area contributed by atoms with Gasteiger partial charge in [0.25, 0.3) is 0 Å². The Bertz CT molecular complexity index is 245. The van der Waals surface area contributed by atoms with Gasteiger partial charge >= 0.3 is 5.97 Å². The van der Waals surface area contributed by atoms with Crippen LogP contribution in [0.5, 0.6) is 0 Å². The van der Waals surface area contributed by atoms with Crippen molar-refractivity contribution >= 4 is 5.97 Å². The zero-order chi connectivity index (χ0) is 11.7. The van der Waals surface area contributed by atoms with Crippen molar-refractivity contribution in [2.45, 2.75) is 52.6 Å². The molecule has 1 atom stereocenters. The molecule has 0 amide bonds. The smallest absolute Gasteiger partial charge is 0.303 e. The van der Waals surface area contributed by atoms with E-state index in [0.29, 0.717) is 12.5 Å². The summed E-state index contributed by atoms with van der Waals surface area (Å²) in [7, 11) is 0. The molecule has 1 fully saturated rings. The molecule has 0 aromatic rings. The topological polar surface area (TPSA) is 46.5 Å². The molecule has 1 N–H and O–H groups in total. The zero-order valence-corrected chi connectivity index (χ0v) is 10.2. The molecule has 1 aliphatic heterocycles. The zero-order valence-electron chi connectivity index (χ0n) is 10.2. The largest absolute Gasteiger partial charge is 0.481 e. The maximum atomic E-state index is 10.9. The highest BCUT2D eigenvalue weighted by Crippen LogP contribution is 2.46. The molecular weight excluding hydrogens is 192 g/mol. The third-order valence-corrected chi connectivity index (χ3v) is 3.60. The summed E-state index contributed by atoms with van der Waals surface area (Å²) in [5.41, 5.74) is -0.272. The Morgan fingerprint density at radius 1 is 1.47 bits per heavy atom. The van der Waals surface area contributed by atoms with E-state index in [1.54, 1.807) is 0 Å². The number of aliphatic carboxylic acids is 1. The summed E-state index contributed by atoms with van der Waals surface area (Å²) in [5, 5.41) is 9.01. The summed E-state index contributed by atoms with van der Waals surface area (Å²) in [6.45, 7) is 9.00. The minimum atomic E-state index is -0.693. The van der Waals surface area contributed by atoms with Crippen LogP contribution in [0.3, 0.4) is 0 Å². The number of ether oxygens (including phenoxy) is 1. The molecule has 0 aromatic carbocycles. The number of carboxylic acids is 1. The number of hydrogen-bond acceptors (Lipinski definition) is 2. The van der Waals surface area contributed by atoms with Crippen molar-refractivity contribution in [3.05, 3.63) is 0 Å². The van der Waals surface area contributed by atoms with Crippen molar-refractivity contribution in [3.8, 4) is 0 Å². The Hall–Kier alpha value is -0.570. The first-order valence-electron chi connectivity index (χ1n) is 5.63. The number of carbonyl (C=O) groups is 1. The van der Waals surface area contributed by atoms with Crippen LogP contribution in [0.4, 0.5) is 0 Å². The van der Waals surface area contributed by atoms with Gasteiger partial charge in [0, 0.05) is 6.61 Å². The van der Waals surface area contributed by atoms with Gasteiger partial charge in [0.2, 0.25) is 0 Å². The molecule has 88 valence electrons. The lowest BCUT2D eigenvalue weighted by Crippen LogP contribution is -2.45. The highest BCUT2D eigenvalue weighted by molar-refractivity contribution is 5.67. The Morgan fingerprint density at radius 2 is 2.07 bits per heavy atom. The first-order valence-corrected chi connectivity index (χ1v) is 5.63. The average molecular weight is 214 g/mol. The van der Waals surface area contributed by atoms with E-state index in [0.717, 1.165) is 12.8 Å². The summed E-state index contributed by atoms with van der Waals surface area (Å²) < 4.78 is 5.66. The van der Waals surface area contributed by atoms with Gasteiger partial charge in [-0.05, 0) is 38.0 Å². The maximum absolute atomic E-state index is 10.9. The third-order valence-electron chi connectivity index (χ3n) is 3.60. The van der Waals surface area contributed by atoms with Crippen molar-refractivity contribution < 1.29 is 14.6 Å². The molecule has 1 unspecified atom stereocenters. The molecule has 15 heavy (non-hydrogen) atoms. The molecule has 0 spiro atoms. The van der Waals surface area contributed by atoms with Crippen LogP contribution in [0, 0.1) is 11.3 Å². The van der Waals surface area contributed by atoms with E-state index in [1.807, 2.05) is 13.8 Å². The van der Waals surface area contributed by atoms with Crippen LogP contribution in [0.1, 0.15) is 47.0 Å². The fourth-order valence-electron chi connectivity index (χ4n) is 2.67. The lowest BCUT2D eigenvalue weighted by molar-refractivity contribution is -0.152. The highest BCUT2D eigenvalue weighted by atomic mass is 16.5. The summed E-state index contributed by atoms with van der Waals surface area (Å²) >= 11 is 0. The van der Waals surface area contributed by atoms with E-state index in [1.165, 1.54) is 0 Å². The van der Waals surface area contributed by atoms with Crippen LogP contribution in [-0.4, -0.2) is 23.3 Å². The number of hydrogen-bond donors (Lipinski definition) is 1. The van der Waals surface area contributed by atoms with Gasteiger partial charge in [-0.3, -0.25) is 4.79 Å². The normalized spacial score (nSPS) is 30.5. The maximum Gasteiger partial charge on any atom is 0.303 e. The standard InChI is InChI=1S/C12H22O3/c1-9(2)12(7-10(13)14)5-6-15-11(3,4)8-12/h9H,5-8H2,1-4H3,(H,13,14). The van der Waals surface area contributed by atoms with Gasteiger partial charge in [-0.1, -0.05) is 13.8 Å². The van der Waals surface area contributed by atoms with E-state index in [4.69, 9.17) is 9.84 Å². The molecule has 3 heteroatoms. The lowest BCUT2D eigenvalue weighted by atomic mass is 9.65. The average Bonchev–Trinajstić information content (AvgIpc) is 1.99. The minimum Gasteiger partial charge on any atom is -0.481 e. The predicted octanol–water partition coefficient (Wildman–Crippen LogP) is 2.69. The quantitative estimate of drug-likeness (QED) is 0.785. The van der Waals surface area contributed by atoms with Gasteiger partial charge in [-0.2, -0.15) is 0 Å². The Balaban J connectivity index is 2.85. The molecule has 1 aliphatic rings. The lowest BCUT2D eigenvalue weighted by Gasteiger charge is -2.46. The first kappa shape index (κ1) is 12.5. The summed E-state index contributed by atoms with van der Waals surface area (Å²) in [5.74, 6) is -0.307. The van der Waals surface area contributed by atoms with Crippen LogP contribution in [-0.2, 0) is 9.53 Å². The predicted molar refractivity (Wildman–Crippen MR) is 58.8 cm³/mol. The van der Waals surface area contributed by atoms with Crippen molar-refractivity contribution in [1.82, 2.24) is 0 Å². The van der Waals surface area contributed by atoms with Gasteiger partial charge in [0.05, 0.1) is 12.0 Å². The molecule has 1 rings (SSSR count). The van der Waals surface area contributed by atoms with E-state index < -0.39 is 5.97 Å². The van der Waals surface area contributed by atoms with E-state index in [9.17, 15) is 4.79 Å². The van der Waals surface area contributed by atoms with Crippen molar-refractivity contribution in [1.29, 1.82) is 0 Å².